The molecule has 0 spiro atoms. The topological polar surface area (TPSA) is 138 Å². The van der Waals surface area contributed by atoms with Crippen LogP contribution in [-0.2, 0) is 38.1 Å². The third-order valence-electron chi connectivity index (χ3n) is 2.42. The van der Waals surface area contributed by atoms with E-state index >= 15 is 0 Å². The summed E-state index contributed by atoms with van der Waals surface area (Å²) < 4.78 is 22.8. The third-order valence-corrected chi connectivity index (χ3v) is 2.42. The molecule has 156 valence electrons. The number of rotatable bonds is 6. The fraction of sp³-hybridized carbons (Fsp3) is 0.812. The zero-order valence-corrected chi connectivity index (χ0v) is 15.2. The molecule has 10 nitrogen and oxygen atoms in total. The monoisotopic (exact) mass is 384 g/mol. The van der Waals surface area contributed by atoms with Gasteiger partial charge in [-0.2, -0.15) is 0 Å². The van der Waals surface area contributed by atoms with Crippen molar-refractivity contribution in [1.29, 1.82) is 0 Å². The summed E-state index contributed by atoms with van der Waals surface area (Å²) in [7, 11) is 3.06. The Balaban J connectivity index is -0.000000317. The number of ether oxygens (including phenoxy) is 5. The molecule has 0 aliphatic carbocycles. The first kappa shape index (κ1) is 29.0. The van der Waals surface area contributed by atoms with E-state index in [1.54, 1.807) is 7.11 Å². The van der Waals surface area contributed by atoms with E-state index in [0.29, 0.717) is 13.2 Å². The van der Waals surface area contributed by atoms with Gasteiger partial charge in [-0.15, -0.1) is 0 Å². The van der Waals surface area contributed by atoms with Crippen LogP contribution in [0.15, 0.2) is 0 Å². The molecule has 1 rings (SSSR count). The highest BCUT2D eigenvalue weighted by atomic mass is 16.6. The van der Waals surface area contributed by atoms with Gasteiger partial charge >= 0.3 is 17.9 Å². The van der Waals surface area contributed by atoms with Crippen molar-refractivity contribution in [1.82, 2.24) is 0 Å². The fourth-order valence-corrected chi connectivity index (χ4v) is 1.07. The van der Waals surface area contributed by atoms with Crippen LogP contribution in [-0.4, -0.2) is 87.1 Å². The number of cyclic esters (lactones) is 2. The van der Waals surface area contributed by atoms with Crippen molar-refractivity contribution in [2.24, 2.45) is 0 Å². The predicted molar refractivity (Wildman–Crippen MR) is 91.3 cm³/mol. The van der Waals surface area contributed by atoms with Crippen LogP contribution in [0.2, 0.25) is 0 Å². The molecule has 0 aromatic rings. The van der Waals surface area contributed by atoms with Crippen LogP contribution >= 0.6 is 0 Å². The molecule has 1 aliphatic heterocycles. The third kappa shape index (κ3) is 15.8. The highest BCUT2D eigenvalue weighted by molar-refractivity contribution is 5.86. The second kappa shape index (κ2) is 18.1. The van der Waals surface area contributed by atoms with Crippen LogP contribution < -0.4 is 0 Å². The minimum Gasteiger partial charge on any atom is -0.461 e. The average molecular weight is 384 g/mol. The molecule has 1 fully saturated rings. The lowest BCUT2D eigenvalue weighted by atomic mass is 10.3. The summed E-state index contributed by atoms with van der Waals surface area (Å²) in [6.07, 6.45) is -2.54. The van der Waals surface area contributed by atoms with Gasteiger partial charge in [0.1, 0.15) is 12.7 Å². The number of methoxy groups -OCH3 is 2. The van der Waals surface area contributed by atoms with Crippen molar-refractivity contribution in [3.8, 4) is 0 Å². The predicted octanol–water partition coefficient (Wildman–Crippen LogP) is -0.319. The van der Waals surface area contributed by atoms with Gasteiger partial charge in [0.25, 0.3) is 0 Å². The fourth-order valence-electron chi connectivity index (χ4n) is 1.07. The summed E-state index contributed by atoms with van der Waals surface area (Å²) in [6.45, 7) is 5.43. The summed E-state index contributed by atoms with van der Waals surface area (Å²) in [5.41, 5.74) is 0. The Morgan fingerprint density at radius 3 is 1.73 bits per heavy atom. The number of hydrogen-bond acceptors (Lipinski definition) is 10. The maximum Gasteiger partial charge on any atom is 0.347 e. The molecule has 3 unspecified atom stereocenters. The largest absolute Gasteiger partial charge is 0.461 e. The van der Waals surface area contributed by atoms with E-state index in [2.05, 4.69) is 23.7 Å². The number of aliphatic hydroxyl groups excluding tert-OH is 2. The van der Waals surface area contributed by atoms with Crippen molar-refractivity contribution in [3.63, 3.8) is 0 Å². The lowest BCUT2D eigenvalue weighted by Gasteiger charge is -2.22. The van der Waals surface area contributed by atoms with Crippen LogP contribution in [0.25, 0.3) is 0 Å². The summed E-state index contributed by atoms with van der Waals surface area (Å²) >= 11 is 0. The van der Waals surface area contributed by atoms with Gasteiger partial charge < -0.3 is 33.9 Å². The van der Waals surface area contributed by atoms with E-state index in [1.807, 2.05) is 0 Å². The Hall–Kier alpha value is -1.75. The smallest absolute Gasteiger partial charge is 0.347 e. The van der Waals surface area contributed by atoms with Gasteiger partial charge in [-0.3, -0.25) is 0 Å². The Morgan fingerprint density at radius 2 is 1.46 bits per heavy atom. The maximum absolute atomic E-state index is 10.7. The van der Waals surface area contributed by atoms with Crippen molar-refractivity contribution in [3.05, 3.63) is 0 Å². The standard InChI is InChI=1S/C6H8O4.C6H12O4.C3H8O2.CH4/c1-3-5(7)10-4(2)6(8)9-3;1-5(7)6(8)10-4-3-9-2;1-5-3-2-4;/h3-4H,1-2H3;5,7H,3-4H2,1-2H3;4H,2-3H2,1H3;1H4. The Bertz CT molecular complexity index is 361. The average Bonchev–Trinajstić information content (AvgIpc) is 2.55. The normalized spacial score (nSPS) is 19.2. The van der Waals surface area contributed by atoms with Gasteiger partial charge in [0, 0.05) is 14.2 Å². The van der Waals surface area contributed by atoms with Crippen molar-refractivity contribution in [2.45, 2.75) is 46.5 Å². The van der Waals surface area contributed by atoms with Gasteiger partial charge in [-0.25, -0.2) is 14.4 Å². The van der Waals surface area contributed by atoms with Gasteiger partial charge in [-0.1, -0.05) is 7.43 Å². The summed E-state index contributed by atoms with van der Waals surface area (Å²) in [4.78, 5) is 31.8. The van der Waals surface area contributed by atoms with Crippen LogP contribution in [0.4, 0.5) is 0 Å². The van der Waals surface area contributed by atoms with Gasteiger partial charge in [0.2, 0.25) is 0 Å². The molecule has 0 aromatic carbocycles. The quantitative estimate of drug-likeness (QED) is 0.356. The van der Waals surface area contributed by atoms with Gasteiger partial charge in [0.15, 0.2) is 12.2 Å². The minimum absolute atomic E-state index is 0. The zero-order chi connectivity index (χ0) is 19.8. The number of aliphatic hydroxyl groups is 2. The molecule has 0 amide bonds. The molecule has 0 radical (unpaired) electrons. The number of carbonyl (C=O) groups is 3. The summed E-state index contributed by atoms with van der Waals surface area (Å²) in [5, 5.41) is 16.5. The van der Waals surface area contributed by atoms with Crippen LogP contribution in [0, 0.1) is 0 Å². The molecule has 26 heavy (non-hydrogen) atoms. The molecule has 0 aromatic heterocycles. The van der Waals surface area contributed by atoms with E-state index in [-0.39, 0.29) is 20.6 Å². The highest BCUT2D eigenvalue weighted by Crippen LogP contribution is 2.08. The Kier molecular flexibility index (Phi) is 20.2. The van der Waals surface area contributed by atoms with Crippen molar-refractivity contribution in [2.75, 3.05) is 40.6 Å². The molecular weight excluding hydrogens is 352 g/mol. The van der Waals surface area contributed by atoms with E-state index in [1.165, 1.54) is 27.9 Å². The van der Waals surface area contributed by atoms with Crippen LogP contribution in [0.3, 0.4) is 0 Å². The maximum atomic E-state index is 10.7. The number of esters is 3. The lowest BCUT2D eigenvalue weighted by Crippen LogP contribution is -2.40. The molecule has 0 saturated carbocycles. The molecule has 1 heterocycles. The summed E-state index contributed by atoms with van der Waals surface area (Å²) in [6, 6.07) is 0. The van der Waals surface area contributed by atoms with Crippen LogP contribution in [0.1, 0.15) is 28.2 Å². The zero-order valence-electron chi connectivity index (χ0n) is 15.2. The first-order chi connectivity index (χ1) is 11.7. The van der Waals surface area contributed by atoms with Crippen molar-refractivity contribution < 1.29 is 48.3 Å². The lowest BCUT2D eigenvalue weighted by molar-refractivity contribution is -0.191. The Labute approximate surface area is 154 Å². The molecule has 1 saturated heterocycles. The number of hydrogen-bond donors (Lipinski definition) is 2. The molecule has 2 N–H and O–H groups in total. The second-order valence-corrected chi connectivity index (χ2v) is 4.71. The van der Waals surface area contributed by atoms with Gasteiger partial charge in [0.05, 0.1) is 19.8 Å². The van der Waals surface area contributed by atoms with E-state index in [4.69, 9.17) is 10.2 Å². The first-order valence-electron chi connectivity index (χ1n) is 7.55. The van der Waals surface area contributed by atoms with Crippen LogP contribution in [0.5, 0.6) is 0 Å². The highest BCUT2D eigenvalue weighted by Gasteiger charge is 2.32. The second-order valence-electron chi connectivity index (χ2n) is 4.71. The van der Waals surface area contributed by atoms with Crippen molar-refractivity contribution >= 4 is 17.9 Å². The van der Waals surface area contributed by atoms with E-state index in [9.17, 15) is 14.4 Å². The number of carbonyl (C=O) groups excluding carboxylic acids is 3. The van der Waals surface area contributed by atoms with E-state index < -0.39 is 36.2 Å². The van der Waals surface area contributed by atoms with Gasteiger partial charge in [-0.05, 0) is 20.8 Å². The first-order valence-corrected chi connectivity index (χ1v) is 7.55. The summed E-state index contributed by atoms with van der Waals surface area (Å²) in [5.74, 6) is -1.57. The Morgan fingerprint density at radius 1 is 1.04 bits per heavy atom. The van der Waals surface area contributed by atoms with E-state index in [0.717, 1.165) is 0 Å². The molecule has 10 heteroatoms. The molecule has 3 atom stereocenters. The minimum atomic E-state index is -1.04. The molecule has 0 bridgehead atoms. The molecule has 1 aliphatic rings. The molecular formula is C16H32O10. The SMILES string of the molecule is C.CC1OC(=O)C(C)OC1=O.COCCO.COCCOC(=O)C(C)O.